The van der Waals surface area contributed by atoms with Gasteiger partial charge in [0, 0.05) is 18.1 Å². The van der Waals surface area contributed by atoms with Gasteiger partial charge in [-0.05, 0) is 30.7 Å². The van der Waals surface area contributed by atoms with Gasteiger partial charge in [0.2, 0.25) is 0 Å². The number of nitrogens with zero attached hydrogens (tertiary/aromatic N) is 3. The molecule has 0 spiro atoms. The number of carbonyl (C=O) groups excluding carboxylic acids is 1. The predicted octanol–water partition coefficient (Wildman–Crippen LogP) is 1.61. The number of nitrogens with two attached hydrogens (primary N) is 1. The zero-order chi connectivity index (χ0) is 16.0. The van der Waals surface area contributed by atoms with Crippen LogP contribution in [-0.2, 0) is 18.9 Å². The summed E-state index contributed by atoms with van der Waals surface area (Å²) in [5, 5.41) is 3.35. The second-order valence-electron chi connectivity index (χ2n) is 4.99. The Kier molecular flexibility index (Phi) is 10.1. The van der Waals surface area contributed by atoms with Crippen molar-refractivity contribution >= 4 is 6.09 Å². The summed E-state index contributed by atoms with van der Waals surface area (Å²) in [6, 6.07) is 0. The van der Waals surface area contributed by atoms with Crippen molar-refractivity contribution in [1.29, 1.82) is 0 Å². The molecule has 126 valence electrons. The first-order valence-electron chi connectivity index (χ1n) is 7.42. The Hall–Kier alpha value is -1.54. The van der Waals surface area contributed by atoms with Crippen molar-refractivity contribution in [3.8, 4) is 0 Å². The van der Waals surface area contributed by atoms with Crippen LogP contribution < -0.4 is 5.73 Å². The molecule has 2 atom stereocenters. The molecule has 0 heterocycles. The third-order valence-electron chi connectivity index (χ3n) is 3.27. The number of hydrogen-bond acceptors (Lipinski definition) is 6. The van der Waals surface area contributed by atoms with E-state index in [4.69, 9.17) is 30.2 Å². The van der Waals surface area contributed by atoms with Gasteiger partial charge >= 0.3 is 6.09 Å². The Bertz CT molecular complexity index is 362. The van der Waals surface area contributed by atoms with Crippen molar-refractivity contribution in [3.05, 3.63) is 10.4 Å². The first-order valence-corrected chi connectivity index (χ1v) is 7.42. The van der Waals surface area contributed by atoms with Crippen molar-refractivity contribution in [2.24, 2.45) is 16.8 Å². The summed E-state index contributed by atoms with van der Waals surface area (Å²) < 4.78 is 21.0. The number of azide groups is 1. The molecule has 0 bridgehead atoms. The van der Waals surface area contributed by atoms with Crippen LogP contribution in [0.3, 0.4) is 0 Å². The van der Waals surface area contributed by atoms with Crippen molar-refractivity contribution in [1.82, 2.24) is 0 Å². The van der Waals surface area contributed by atoms with Crippen LogP contribution in [0.4, 0.5) is 4.79 Å². The molecule has 0 aliphatic heterocycles. The van der Waals surface area contributed by atoms with Gasteiger partial charge < -0.3 is 24.7 Å². The molecule has 9 nitrogen and oxygen atoms in total. The Morgan fingerprint density at radius 1 is 1.14 bits per heavy atom. The second kappa shape index (κ2) is 12.0. The highest BCUT2D eigenvalue weighted by molar-refractivity contribution is 5.64. The zero-order valence-corrected chi connectivity index (χ0v) is 12.7. The molecular formula is C13H24N4O5. The predicted molar refractivity (Wildman–Crippen MR) is 78.3 cm³/mol. The largest absolute Gasteiger partial charge is 0.446 e. The maximum absolute atomic E-state index is 10.6. The summed E-state index contributed by atoms with van der Waals surface area (Å²) in [5.41, 5.74) is 13.0. The van der Waals surface area contributed by atoms with Gasteiger partial charge in [-0.1, -0.05) is 5.11 Å². The van der Waals surface area contributed by atoms with Crippen molar-refractivity contribution in [3.63, 3.8) is 0 Å². The summed E-state index contributed by atoms with van der Waals surface area (Å²) in [6.45, 7) is 3.36. The number of amides is 1. The maximum Gasteiger partial charge on any atom is 0.404 e. The van der Waals surface area contributed by atoms with Crippen LogP contribution in [0.1, 0.15) is 19.3 Å². The number of hydrogen-bond donors (Lipinski definition) is 1. The fourth-order valence-electron chi connectivity index (χ4n) is 2.29. The van der Waals surface area contributed by atoms with E-state index in [1.807, 2.05) is 0 Å². The van der Waals surface area contributed by atoms with Gasteiger partial charge in [-0.2, -0.15) is 0 Å². The summed E-state index contributed by atoms with van der Waals surface area (Å²) in [6.07, 6.45) is 1.87. The van der Waals surface area contributed by atoms with Crippen LogP contribution in [-0.4, -0.2) is 58.4 Å². The smallest absolute Gasteiger partial charge is 0.404 e. The van der Waals surface area contributed by atoms with Gasteiger partial charge in [-0.15, -0.1) is 0 Å². The summed E-state index contributed by atoms with van der Waals surface area (Å²) in [7, 11) is 0. The number of primary amides is 1. The highest BCUT2D eigenvalue weighted by Gasteiger charge is 2.26. The molecule has 1 aliphatic carbocycles. The standard InChI is InChI=1S/C13H24N4O5/c14-13(18)22-12-2-1-11(9-12)10-21-8-7-20-6-5-19-4-3-16-17-15/h11-12H,1-10H2,(H2,14,18)/t11-,12-/m1/s1. The van der Waals surface area contributed by atoms with Gasteiger partial charge in [-0.3, -0.25) is 0 Å². The van der Waals surface area contributed by atoms with Gasteiger partial charge in [0.1, 0.15) is 6.10 Å². The van der Waals surface area contributed by atoms with Gasteiger partial charge in [-0.25, -0.2) is 4.79 Å². The lowest BCUT2D eigenvalue weighted by atomic mass is 10.1. The molecule has 1 saturated carbocycles. The maximum atomic E-state index is 10.6. The third-order valence-corrected chi connectivity index (χ3v) is 3.27. The van der Waals surface area contributed by atoms with Crippen molar-refractivity contribution < 1.29 is 23.7 Å². The molecule has 22 heavy (non-hydrogen) atoms. The molecule has 0 aromatic heterocycles. The summed E-state index contributed by atoms with van der Waals surface area (Å²) in [5.74, 6) is 0.411. The van der Waals surface area contributed by atoms with Crippen molar-refractivity contribution in [2.75, 3.05) is 46.2 Å². The lowest BCUT2D eigenvalue weighted by molar-refractivity contribution is 0.00779. The Morgan fingerprint density at radius 3 is 2.50 bits per heavy atom. The van der Waals surface area contributed by atoms with E-state index in [2.05, 4.69) is 10.0 Å². The zero-order valence-electron chi connectivity index (χ0n) is 12.7. The number of ether oxygens (including phenoxy) is 4. The molecule has 0 aromatic carbocycles. The van der Waals surface area contributed by atoms with E-state index in [-0.39, 0.29) is 6.10 Å². The molecule has 1 rings (SSSR count). The van der Waals surface area contributed by atoms with Crippen LogP contribution in [0, 0.1) is 5.92 Å². The van der Waals surface area contributed by atoms with E-state index in [0.29, 0.717) is 52.1 Å². The van der Waals surface area contributed by atoms with Crippen LogP contribution in [0.15, 0.2) is 5.11 Å². The fourth-order valence-corrected chi connectivity index (χ4v) is 2.29. The summed E-state index contributed by atoms with van der Waals surface area (Å²) >= 11 is 0. The minimum atomic E-state index is -0.707. The lowest BCUT2D eigenvalue weighted by Crippen LogP contribution is -2.21. The molecule has 1 fully saturated rings. The van der Waals surface area contributed by atoms with Crippen LogP contribution in [0.5, 0.6) is 0 Å². The number of rotatable bonds is 12. The molecule has 1 amide bonds. The van der Waals surface area contributed by atoms with Gasteiger partial charge in [0.15, 0.2) is 0 Å². The van der Waals surface area contributed by atoms with Crippen LogP contribution in [0.2, 0.25) is 0 Å². The van der Waals surface area contributed by atoms with Crippen LogP contribution >= 0.6 is 0 Å². The van der Waals surface area contributed by atoms with Gasteiger partial charge in [0.25, 0.3) is 0 Å². The second-order valence-corrected chi connectivity index (χ2v) is 4.99. The SMILES string of the molecule is [N-]=[N+]=NCCOCCOCCOC[C@@H]1CC[C@@H](OC(N)=O)C1. The number of carbonyl (C=O) groups is 1. The van der Waals surface area contributed by atoms with Crippen molar-refractivity contribution in [2.45, 2.75) is 25.4 Å². The van der Waals surface area contributed by atoms with E-state index in [1.165, 1.54) is 0 Å². The first kappa shape index (κ1) is 18.5. The lowest BCUT2D eigenvalue weighted by Gasteiger charge is -2.12. The average molecular weight is 316 g/mol. The van der Waals surface area contributed by atoms with E-state index < -0.39 is 6.09 Å². The van der Waals surface area contributed by atoms with Crippen LogP contribution in [0.25, 0.3) is 10.4 Å². The monoisotopic (exact) mass is 316 g/mol. The Balaban J connectivity index is 1.84. The summed E-state index contributed by atoms with van der Waals surface area (Å²) in [4.78, 5) is 13.3. The normalized spacial score (nSPS) is 20.5. The Labute approximate surface area is 129 Å². The molecule has 0 radical (unpaired) electrons. The van der Waals surface area contributed by atoms with E-state index in [1.54, 1.807) is 0 Å². The molecule has 1 aliphatic rings. The average Bonchev–Trinajstić information content (AvgIpc) is 2.91. The topological polar surface area (TPSA) is 129 Å². The van der Waals surface area contributed by atoms with E-state index in [9.17, 15) is 4.79 Å². The fraction of sp³-hybridized carbons (Fsp3) is 0.923. The first-order chi connectivity index (χ1) is 10.7. The minimum absolute atomic E-state index is 0.0649. The van der Waals surface area contributed by atoms with E-state index >= 15 is 0 Å². The molecule has 9 heteroatoms. The molecule has 0 unspecified atom stereocenters. The molecule has 2 N–H and O–H groups in total. The molecule has 0 aromatic rings. The quantitative estimate of drug-likeness (QED) is 0.253. The third kappa shape index (κ3) is 9.41. The molecular weight excluding hydrogens is 292 g/mol. The van der Waals surface area contributed by atoms with Gasteiger partial charge in [0.05, 0.1) is 33.0 Å². The minimum Gasteiger partial charge on any atom is -0.446 e. The highest BCUT2D eigenvalue weighted by Crippen LogP contribution is 2.27. The molecule has 0 saturated heterocycles. The Morgan fingerprint density at radius 2 is 1.82 bits per heavy atom. The highest BCUT2D eigenvalue weighted by atomic mass is 16.6. The van der Waals surface area contributed by atoms with E-state index in [0.717, 1.165) is 19.3 Å².